The molecule has 0 spiro atoms. The summed E-state index contributed by atoms with van der Waals surface area (Å²) in [5.74, 6) is -1.77. The number of carbonyl (C=O) groups is 2. The number of anilines is 1. The standard InChI is InChI=1S/C12H13BrN2O3/c13-9-5-2-6-14-10(9)15-11(16)7-3-1-4-8(7)12(17)18/h2,5-8H,1,3-4H2,(H,17,18)(H,14,15,16)/t7-,8+/m1/s1. The van der Waals surface area contributed by atoms with Gasteiger partial charge in [0, 0.05) is 6.20 Å². The molecule has 1 aromatic heterocycles. The monoisotopic (exact) mass is 312 g/mol. The zero-order valence-electron chi connectivity index (χ0n) is 9.60. The molecule has 1 heterocycles. The summed E-state index contributed by atoms with van der Waals surface area (Å²) in [4.78, 5) is 27.1. The van der Waals surface area contributed by atoms with Crippen molar-refractivity contribution >= 4 is 33.6 Å². The van der Waals surface area contributed by atoms with E-state index in [1.54, 1.807) is 18.3 Å². The second kappa shape index (κ2) is 5.48. The Labute approximate surface area is 113 Å². The van der Waals surface area contributed by atoms with Crippen LogP contribution in [0.4, 0.5) is 5.82 Å². The van der Waals surface area contributed by atoms with Gasteiger partial charge in [-0.25, -0.2) is 4.98 Å². The molecule has 96 valence electrons. The highest BCUT2D eigenvalue weighted by molar-refractivity contribution is 9.10. The maximum absolute atomic E-state index is 12.0. The molecule has 0 saturated heterocycles. The van der Waals surface area contributed by atoms with Gasteiger partial charge in [-0.1, -0.05) is 6.42 Å². The van der Waals surface area contributed by atoms with Gasteiger partial charge >= 0.3 is 5.97 Å². The van der Waals surface area contributed by atoms with Gasteiger partial charge in [-0.3, -0.25) is 9.59 Å². The van der Waals surface area contributed by atoms with Gasteiger partial charge in [0.1, 0.15) is 5.82 Å². The number of carbonyl (C=O) groups excluding carboxylic acids is 1. The summed E-state index contributed by atoms with van der Waals surface area (Å²) in [6.07, 6.45) is 3.53. The lowest BCUT2D eigenvalue weighted by atomic mass is 9.95. The molecule has 0 aliphatic heterocycles. The van der Waals surface area contributed by atoms with E-state index in [2.05, 4.69) is 26.2 Å². The first-order valence-corrected chi connectivity index (χ1v) is 6.53. The topological polar surface area (TPSA) is 79.3 Å². The van der Waals surface area contributed by atoms with Crippen LogP contribution in [0.25, 0.3) is 0 Å². The number of hydrogen-bond donors (Lipinski definition) is 2. The highest BCUT2D eigenvalue weighted by Gasteiger charge is 2.37. The van der Waals surface area contributed by atoms with Crippen molar-refractivity contribution in [2.75, 3.05) is 5.32 Å². The second-order valence-electron chi connectivity index (χ2n) is 4.31. The predicted octanol–water partition coefficient (Wildman–Crippen LogP) is 2.28. The molecule has 1 aliphatic rings. The molecule has 1 fully saturated rings. The van der Waals surface area contributed by atoms with Crippen LogP contribution in [-0.2, 0) is 9.59 Å². The van der Waals surface area contributed by atoms with Gasteiger partial charge in [0.25, 0.3) is 0 Å². The fourth-order valence-corrected chi connectivity index (χ4v) is 2.61. The number of aromatic nitrogens is 1. The minimum absolute atomic E-state index is 0.265. The van der Waals surface area contributed by atoms with E-state index in [4.69, 9.17) is 5.11 Å². The normalized spacial score (nSPS) is 22.7. The van der Waals surface area contributed by atoms with Crippen molar-refractivity contribution in [1.82, 2.24) is 4.98 Å². The number of aliphatic carboxylic acids is 1. The SMILES string of the molecule is O=C(O)[C@H]1CCC[C@H]1C(=O)Nc1ncccc1Br. The number of carboxylic acids is 1. The van der Waals surface area contributed by atoms with Crippen molar-refractivity contribution in [2.24, 2.45) is 11.8 Å². The molecule has 2 N–H and O–H groups in total. The fourth-order valence-electron chi connectivity index (χ4n) is 2.26. The van der Waals surface area contributed by atoms with Crippen LogP contribution in [0, 0.1) is 11.8 Å². The first-order valence-electron chi connectivity index (χ1n) is 5.74. The number of rotatable bonds is 3. The Morgan fingerprint density at radius 1 is 1.39 bits per heavy atom. The minimum atomic E-state index is -0.896. The van der Waals surface area contributed by atoms with Crippen LogP contribution in [0.3, 0.4) is 0 Å². The van der Waals surface area contributed by atoms with Crippen molar-refractivity contribution < 1.29 is 14.7 Å². The van der Waals surface area contributed by atoms with Crippen LogP contribution >= 0.6 is 15.9 Å². The van der Waals surface area contributed by atoms with Crippen LogP contribution < -0.4 is 5.32 Å². The van der Waals surface area contributed by atoms with Gasteiger partial charge in [0.05, 0.1) is 16.3 Å². The third-order valence-electron chi connectivity index (χ3n) is 3.17. The molecule has 1 aromatic rings. The maximum Gasteiger partial charge on any atom is 0.307 e. The Morgan fingerprint density at radius 3 is 2.78 bits per heavy atom. The quantitative estimate of drug-likeness (QED) is 0.897. The number of nitrogens with zero attached hydrogens (tertiary/aromatic N) is 1. The lowest BCUT2D eigenvalue weighted by Crippen LogP contribution is -2.30. The highest BCUT2D eigenvalue weighted by Crippen LogP contribution is 2.33. The van der Waals surface area contributed by atoms with E-state index in [1.165, 1.54) is 0 Å². The molecule has 0 radical (unpaired) electrons. The van der Waals surface area contributed by atoms with Crippen LogP contribution in [0.15, 0.2) is 22.8 Å². The van der Waals surface area contributed by atoms with Crippen molar-refractivity contribution in [2.45, 2.75) is 19.3 Å². The summed E-state index contributed by atoms with van der Waals surface area (Å²) in [5, 5.41) is 11.7. The van der Waals surface area contributed by atoms with Crippen molar-refractivity contribution in [1.29, 1.82) is 0 Å². The average molecular weight is 313 g/mol. The average Bonchev–Trinajstić information content (AvgIpc) is 2.81. The molecule has 6 heteroatoms. The van der Waals surface area contributed by atoms with Gasteiger partial charge in [-0.15, -0.1) is 0 Å². The van der Waals surface area contributed by atoms with E-state index < -0.39 is 17.8 Å². The van der Waals surface area contributed by atoms with E-state index in [1.807, 2.05) is 0 Å². The molecule has 2 rings (SSSR count). The van der Waals surface area contributed by atoms with E-state index in [0.29, 0.717) is 23.1 Å². The third-order valence-corrected chi connectivity index (χ3v) is 3.81. The molecular formula is C12H13BrN2O3. The number of amides is 1. The van der Waals surface area contributed by atoms with Crippen molar-refractivity contribution in [3.63, 3.8) is 0 Å². The summed E-state index contributed by atoms with van der Waals surface area (Å²) in [6, 6.07) is 3.52. The third kappa shape index (κ3) is 2.69. The molecule has 1 saturated carbocycles. The maximum atomic E-state index is 12.0. The summed E-state index contributed by atoms with van der Waals surface area (Å²) in [6.45, 7) is 0. The molecule has 1 aliphatic carbocycles. The van der Waals surface area contributed by atoms with Gasteiger partial charge in [-0.2, -0.15) is 0 Å². The molecule has 18 heavy (non-hydrogen) atoms. The fraction of sp³-hybridized carbons (Fsp3) is 0.417. The van der Waals surface area contributed by atoms with E-state index >= 15 is 0 Å². The zero-order chi connectivity index (χ0) is 13.1. The van der Waals surface area contributed by atoms with E-state index in [9.17, 15) is 9.59 Å². The Kier molecular flexibility index (Phi) is 3.96. The van der Waals surface area contributed by atoms with Crippen LogP contribution in [-0.4, -0.2) is 22.0 Å². The number of halogens is 1. The predicted molar refractivity (Wildman–Crippen MR) is 69.0 cm³/mol. The first-order chi connectivity index (χ1) is 8.59. The largest absolute Gasteiger partial charge is 0.481 e. The Hall–Kier alpha value is -1.43. The summed E-state index contributed by atoms with van der Waals surface area (Å²) >= 11 is 3.28. The molecule has 1 amide bonds. The summed E-state index contributed by atoms with van der Waals surface area (Å²) < 4.78 is 0.684. The van der Waals surface area contributed by atoms with Crippen molar-refractivity contribution in [3.8, 4) is 0 Å². The van der Waals surface area contributed by atoms with Gasteiger partial charge in [0.2, 0.25) is 5.91 Å². The Balaban J connectivity index is 2.08. The molecule has 0 bridgehead atoms. The van der Waals surface area contributed by atoms with Crippen molar-refractivity contribution in [3.05, 3.63) is 22.8 Å². The Morgan fingerprint density at radius 2 is 2.11 bits per heavy atom. The number of hydrogen-bond acceptors (Lipinski definition) is 3. The lowest BCUT2D eigenvalue weighted by molar-refractivity contribution is -0.145. The van der Waals surface area contributed by atoms with E-state index in [0.717, 1.165) is 6.42 Å². The van der Waals surface area contributed by atoms with Gasteiger partial charge < -0.3 is 10.4 Å². The molecule has 2 atom stereocenters. The highest BCUT2D eigenvalue weighted by atomic mass is 79.9. The molecule has 5 nitrogen and oxygen atoms in total. The Bertz CT molecular complexity index is 478. The smallest absolute Gasteiger partial charge is 0.307 e. The molecule has 0 unspecified atom stereocenters. The first kappa shape index (κ1) is 13.0. The molecule has 0 aromatic carbocycles. The molecular weight excluding hydrogens is 300 g/mol. The van der Waals surface area contributed by atoms with E-state index in [-0.39, 0.29) is 5.91 Å². The summed E-state index contributed by atoms with van der Waals surface area (Å²) in [7, 11) is 0. The lowest BCUT2D eigenvalue weighted by Gasteiger charge is -2.15. The number of nitrogens with one attached hydrogen (secondary N) is 1. The van der Waals surface area contributed by atoms with Gasteiger partial charge in [0.15, 0.2) is 0 Å². The van der Waals surface area contributed by atoms with Gasteiger partial charge in [-0.05, 0) is 40.9 Å². The summed E-state index contributed by atoms with van der Waals surface area (Å²) in [5.41, 5.74) is 0. The number of pyridine rings is 1. The van der Waals surface area contributed by atoms with Crippen LogP contribution in [0.2, 0.25) is 0 Å². The zero-order valence-corrected chi connectivity index (χ0v) is 11.2. The van der Waals surface area contributed by atoms with Crippen LogP contribution in [0.5, 0.6) is 0 Å². The van der Waals surface area contributed by atoms with Crippen LogP contribution in [0.1, 0.15) is 19.3 Å². The number of carboxylic acid groups (broad SMARTS) is 1. The minimum Gasteiger partial charge on any atom is -0.481 e. The second-order valence-corrected chi connectivity index (χ2v) is 5.16.